The molecule has 0 amide bonds. The van der Waals surface area contributed by atoms with E-state index in [-0.39, 0.29) is 74.4 Å². The molecule has 0 aliphatic rings. The molecule has 0 spiro atoms. The predicted molar refractivity (Wildman–Crippen MR) is 370 cm³/mol. The fourth-order valence-electron chi connectivity index (χ4n) is 6.02. The summed E-state index contributed by atoms with van der Waals surface area (Å²) in [7, 11) is 0. The molecule has 0 aliphatic carbocycles. The monoisotopic (exact) mass is 1550 g/mol. The maximum absolute atomic E-state index is 10.4. The van der Waals surface area contributed by atoms with Gasteiger partial charge in [-0.25, -0.2) is 0 Å². The Labute approximate surface area is 620 Å². The quantitative estimate of drug-likeness (QED) is 0.0165. The number of unbranched alkanes of at least 4 members (excludes halogenated alkanes) is 9. The number of aromatic nitrogens is 4. The molecule has 16 N–H and O–H groups in total. The summed E-state index contributed by atoms with van der Waals surface area (Å²) in [6.45, 7) is 29.7. The van der Waals surface area contributed by atoms with Crippen molar-refractivity contribution in [3.05, 3.63) is 202 Å². The number of nitrogens with zero attached hydrogens (tertiary/aromatic N) is 4. The molecule has 560 valence electrons. The van der Waals surface area contributed by atoms with E-state index in [1.807, 2.05) is 0 Å². The number of hydrogen-bond donors (Lipinski definition) is 10. The second-order valence-electron chi connectivity index (χ2n) is 19.6. The van der Waals surface area contributed by atoms with E-state index in [2.05, 4.69) is 87.8 Å². The Morgan fingerprint density at radius 2 is 0.444 bits per heavy atom. The molecule has 4 aromatic rings. The van der Waals surface area contributed by atoms with Crippen LogP contribution in [0.3, 0.4) is 0 Å². The Bertz CT molecular complexity index is 2120. The van der Waals surface area contributed by atoms with Gasteiger partial charge in [-0.05, 0) is 48.5 Å². The first-order chi connectivity index (χ1) is 47.1. The zero-order valence-electron chi connectivity index (χ0n) is 58.6. The normalized spacial score (nSPS) is 8.79. The second kappa shape index (κ2) is 96.0. The van der Waals surface area contributed by atoms with E-state index in [0.29, 0.717) is 84.8 Å². The van der Waals surface area contributed by atoms with Crippen molar-refractivity contribution in [3.8, 4) is 0 Å². The molecule has 4 rings (SSSR count). The first kappa shape index (κ1) is 114. The molecule has 0 radical (unpaired) electrons. The summed E-state index contributed by atoms with van der Waals surface area (Å²) in [6, 6.07) is 20.3. The van der Waals surface area contributed by atoms with Crippen molar-refractivity contribution in [2.24, 2.45) is 0 Å². The SMILES string of the molecule is C=C(O)Cc1cccc(CC(=O)O)n1.C=C(O)Cc1cccc(CC(=O)O)n1.C=C(O)Cc1cccc(CC(=O)O)n1.C=C(O)Cc1cccc(CC(=O)O)n1.CCCCC[NH-].CCCCC[NH-].CCCCC[NH-].CCCC[NH-].CCCC[NH-].CCCC[NH-].[O]=[V+2].[O]=[V+2].[O]=[V][OH].[O]=[V][OH]. The second-order valence-corrected chi connectivity index (χ2v) is 20.1. The van der Waals surface area contributed by atoms with Gasteiger partial charge in [-0.3, -0.25) is 39.1 Å². The first-order valence-corrected chi connectivity index (χ1v) is 35.0. The minimum absolute atomic E-state index is 0.0185. The van der Waals surface area contributed by atoms with Crippen LogP contribution in [0.25, 0.3) is 34.4 Å². The molecule has 0 atom stereocenters. The molecule has 0 unspecified atom stereocenters. The van der Waals surface area contributed by atoms with Gasteiger partial charge in [0.2, 0.25) is 0 Å². The summed E-state index contributed by atoms with van der Waals surface area (Å²) in [5, 5.41) is 69.8. The Kier molecular flexibility index (Phi) is 111. The molecule has 0 aromatic carbocycles. The molecule has 0 aliphatic heterocycles. The van der Waals surface area contributed by atoms with Crippen LogP contribution < -0.4 is 0 Å². The van der Waals surface area contributed by atoms with E-state index in [0.717, 1.165) is 92.5 Å². The Hall–Kier alpha value is -6.14. The summed E-state index contributed by atoms with van der Waals surface area (Å²) in [5.41, 5.74) is 44.3. The molecule has 0 fully saturated rings. The first-order valence-electron chi connectivity index (χ1n) is 31.4. The fourth-order valence-corrected chi connectivity index (χ4v) is 6.02. The number of nitrogens with one attached hydrogen (secondary N) is 6. The molecule has 4 heterocycles. The summed E-state index contributed by atoms with van der Waals surface area (Å²) >= 11 is -1.00. The molecule has 99 heavy (non-hydrogen) atoms. The fraction of sp³-hybridized carbons (Fsp3) is 0.522. The van der Waals surface area contributed by atoms with Crippen LogP contribution in [0.2, 0.25) is 0 Å². The molecular weight excluding hydrogens is 1440 g/mol. The van der Waals surface area contributed by atoms with Gasteiger partial charge in [-0.2, -0.15) is 39.3 Å². The average molecular weight is 1550 g/mol. The van der Waals surface area contributed by atoms with Crippen LogP contribution >= 0.6 is 0 Å². The van der Waals surface area contributed by atoms with E-state index in [9.17, 15) is 19.2 Å². The summed E-state index contributed by atoms with van der Waals surface area (Å²) in [5.74, 6) is -3.60. The standard InChI is InChI=1S/4C10H11NO3.3C5H12N.3C4H10N.2H2O.4O.4V/c4*1-7(12)5-8-3-2-4-9(11-8)6-10(13)14;3*1-2-3-4-5-6;3*1-2-3-4-5;;;;;;;;;;/h4*2-4,12H,1,5-6H2,(H,13,14);3*6H,2-5H2,1H3;3*5H,2-4H2,1H3;2*1H2;;;;;;;;/q;;;;6*-1;;;;;;;2*+1;2*+2/p-2. The third-order valence-electron chi connectivity index (χ3n) is 10.3. The number of pyridine rings is 4. The van der Waals surface area contributed by atoms with Crippen molar-refractivity contribution in [2.45, 2.75) is 189 Å². The van der Waals surface area contributed by atoms with Crippen molar-refractivity contribution in [1.82, 2.24) is 19.9 Å². The van der Waals surface area contributed by atoms with Crippen molar-refractivity contribution < 1.29 is 151 Å². The molecule has 0 bridgehead atoms. The number of aliphatic hydroxyl groups is 4. The van der Waals surface area contributed by atoms with Gasteiger partial charge in [0.05, 0.1) is 71.5 Å². The average Bonchev–Trinajstić information content (AvgIpc) is 1.01. The van der Waals surface area contributed by atoms with Gasteiger partial charge in [0.1, 0.15) is 0 Å². The summed E-state index contributed by atoms with van der Waals surface area (Å²) in [4.78, 5) is 57.8. The van der Waals surface area contributed by atoms with Gasteiger partial charge in [0, 0.05) is 48.5 Å². The number of carboxylic acids is 4. The van der Waals surface area contributed by atoms with E-state index >= 15 is 0 Å². The Balaban J connectivity index is -0.000000112. The molecular formula is C67H112N10O18V4-2. The van der Waals surface area contributed by atoms with Crippen molar-refractivity contribution in [1.29, 1.82) is 0 Å². The molecule has 28 nitrogen and oxygen atoms in total. The van der Waals surface area contributed by atoms with Crippen LogP contribution in [0.1, 0.15) is 183 Å². The number of allylic oxidation sites excluding steroid dienone is 4. The molecule has 4 aromatic heterocycles. The van der Waals surface area contributed by atoms with Crippen molar-refractivity contribution in [3.63, 3.8) is 0 Å². The van der Waals surface area contributed by atoms with Gasteiger partial charge in [0.25, 0.3) is 0 Å². The van der Waals surface area contributed by atoms with Gasteiger partial charge >= 0.3 is 115 Å². The van der Waals surface area contributed by atoms with Crippen LogP contribution in [-0.2, 0) is 153 Å². The van der Waals surface area contributed by atoms with Crippen LogP contribution in [-0.4, -0.2) is 132 Å². The van der Waals surface area contributed by atoms with Gasteiger partial charge in [0.15, 0.2) is 0 Å². The molecule has 32 heteroatoms. The number of aliphatic hydroxyl groups excluding tert-OH is 4. The molecule has 0 saturated heterocycles. The third-order valence-corrected chi connectivity index (χ3v) is 10.3. The van der Waals surface area contributed by atoms with Crippen LogP contribution in [0.15, 0.2) is 122 Å². The van der Waals surface area contributed by atoms with Crippen molar-refractivity contribution >= 4 is 23.9 Å². The summed E-state index contributed by atoms with van der Waals surface area (Å²) < 4.78 is 47.8. The number of hydrogen-bond acceptors (Lipinski definition) is 16. The molecule has 0 saturated carbocycles. The van der Waals surface area contributed by atoms with Gasteiger partial charge < -0.3 is 75.3 Å². The predicted octanol–water partition coefficient (Wildman–Crippen LogP) is 15.9. The van der Waals surface area contributed by atoms with E-state index in [4.69, 9.17) is 98.0 Å². The Morgan fingerprint density at radius 3 is 0.525 bits per heavy atom. The number of aliphatic carboxylic acids is 4. The number of carboxylic acid groups (broad SMARTS) is 4. The minimum atomic E-state index is -1.56. The summed E-state index contributed by atoms with van der Waals surface area (Å²) in [6.07, 6.45) is 17.9. The Morgan fingerprint density at radius 1 is 0.313 bits per heavy atom. The topological polar surface area (TPSA) is 533 Å². The van der Waals surface area contributed by atoms with Gasteiger partial charge in [-0.1, -0.05) is 188 Å². The zero-order valence-corrected chi connectivity index (χ0v) is 64.2. The van der Waals surface area contributed by atoms with Crippen LogP contribution in [0, 0.1) is 0 Å². The van der Waals surface area contributed by atoms with Gasteiger partial charge in [-0.15, -0.1) is 0 Å². The maximum atomic E-state index is 10.4. The van der Waals surface area contributed by atoms with E-state index in [1.54, 1.807) is 72.8 Å². The third kappa shape index (κ3) is 113. The zero-order chi connectivity index (χ0) is 78.5. The van der Waals surface area contributed by atoms with Crippen LogP contribution in [0.5, 0.6) is 0 Å². The van der Waals surface area contributed by atoms with E-state index in [1.165, 1.54) is 38.5 Å². The number of carbonyl (C=O) groups is 4. The van der Waals surface area contributed by atoms with Crippen molar-refractivity contribution in [2.75, 3.05) is 39.3 Å². The number of rotatable bonds is 31. The van der Waals surface area contributed by atoms with Crippen LogP contribution in [0.4, 0.5) is 0 Å². The van der Waals surface area contributed by atoms with E-state index < -0.39 is 57.1 Å².